The average molecular weight is 483 g/mol. The van der Waals surface area contributed by atoms with Crippen LogP contribution in [0.2, 0.25) is 0 Å². The summed E-state index contributed by atoms with van der Waals surface area (Å²) in [6.45, 7) is 1.46. The van der Waals surface area contributed by atoms with Crippen molar-refractivity contribution in [3.05, 3.63) is 80.1 Å². The number of nitrogen functional groups attached to an aromatic ring is 1. The largest absolute Gasteiger partial charge is 0.383 e. The first-order valence-electron chi connectivity index (χ1n) is 10.8. The Hall–Kier alpha value is -3.70. The minimum Gasteiger partial charge on any atom is -0.383 e. The molecule has 10 nitrogen and oxygen atoms in total. The van der Waals surface area contributed by atoms with Crippen LogP contribution in [0.15, 0.2) is 62.0 Å². The van der Waals surface area contributed by atoms with Crippen LogP contribution in [0.3, 0.4) is 0 Å². The monoisotopic (exact) mass is 482 g/mol. The Kier molecular flexibility index (Phi) is 7.55. The first-order valence-corrected chi connectivity index (χ1v) is 11.7. The Morgan fingerprint density at radius 1 is 1.21 bits per heavy atom. The molecule has 0 spiro atoms. The number of nitrogens with two attached hydrogens (primary N) is 1. The van der Waals surface area contributed by atoms with Crippen molar-refractivity contribution in [3.63, 3.8) is 0 Å². The lowest BCUT2D eigenvalue weighted by Crippen LogP contribution is -2.39. The van der Waals surface area contributed by atoms with Crippen molar-refractivity contribution in [1.82, 2.24) is 19.7 Å². The second-order valence-corrected chi connectivity index (χ2v) is 8.58. The van der Waals surface area contributed by atoms with Crippen LogP contribution in [0, 0.1) is 0 Å². The Bertz CT molecular complexity index is 1310. The molecular formula is C23H26N6O4S. The second kappa shape index (κ2) is 10.9. The zero-order valence-electron chi connectivity index (χ0n) is 18.8. The predicted molar refractivity (Wildman–Crippen MR) is 131 cm³/mol. The van der Waals surface area contributed by atoms with Crippen molar-refractivity contribution in [1.29, 1.82) is 0 Å². The summed E-state index contributed by atoms with van der Waals surface area (Å²) < 4.78 is 11.8. The normalized spacial score (nSPS) is 11.1. The average Bonchev–Trinajstić information content (AvgIpc) is 3.51. The fourth-order valence-electron chi connectivity index (χ4n) is 3.64. The van der Waals surface area contributed by atoms with E-state index in [1.165, 1.54) is 11.7 Å². The SMILES string of the molecule is COCCn1c(N)c(N(CCCc2nc(-c3cccs3)no2)Cc2ccccc2)c(=O)[nH]c1=O. The molecule has 0 aliphatic heterocycles. The van der Waals surface area contributed by atoms with Crippen LogP contribution < -0.4 is 21.9 Å². The highest BCUT2D eigenvalue weighted by Crippen LogP contribution is 2.23. The maximum absolute atomic E-state index is 12.8. The number of anilines is 2. The van der Waals surface area contributed by atoms with Gasteiger partial charge in [-0.3, -0.25) is 14.3 Å². The van der Waals surface area contributed by atoms with Gasteiger partial charge in [0.2, 0.25) is 11.7 Å². The predicted octanol–water partition coefficient (Wildman–Crippen LogP) is 2.52. The quantitative estimate of drug-likeness (QED) is 0.333. The number of benzene rings is 1. The van der Waals surface area contributed by atoms with Crippen molar-refractivity contribution in [2.45, 2.75) is 25.9 Å². The maximum Gasteiger partial charge on any atom is 0.330 e. The van der Waals surface area contributed by atoms with Crippen LogP contribution in [0.1, 0.15) is 17.9 Å². The van der Waals surface area contributed by atoms with E-state index in [0.717, 1.165) is 10.4 Å². The molecule has 0 fully saturated rings. The summed E-state index contributed by atoms with van der Waals surface area (Å²) in [7, 11) is 1.54. The number of aromatic amines is 1. The first kappa shape index (κ1) is 23.5. The van der Waals surface area contributed by atoms with Gasteiger partial charge in [-0.25, -0.2) is 4.79 Å². The Labute approximate surface area is 199 Å². The zero-order chi connectivity index (χ0) is 23.9. The third-order valence-electron chi connectivity index (χ3n) is 5.29. The van der Waals surface area contributed by atoms with Gasteiger partial charge in [-0.2, -0.15) is 4.98 Å². The van der Waals surface area contributed by atoms with E-state index >= 15 is 0 Å². The number of aryl methyl sites for hydroxylation is 1. The summed E-state index contributed by atoms with van der Waals surface area (Å²) in [5, 5.41) is 6.01. The molecule has 34 heavy (non-hydrogen) atoms. The number of nitrogens with one attached hydrogen (secondary N) is 1. The highest BCUT2D eigenvalue weighted by atomic mass is 32.1. The van der Waals surface area contributed by atoms with Gasteiger partial charge < -0.3 is 19.9 Å². The molecule has 0 aliphatic rings. The maximum atomic E-state index is 12.8. The van der Waals surface area contributed by atoms with Crippen LogP contribution in [0.25, 0.3) is 10.7 Å². The lowest BCUT2D eigenvalue weighted by molar-refractivity contribution is 0.186. The number of nitrogens with zero attached hydrogens (tertiary/aromatic N) is 4. The number of hydrogen-bond donors (Lipinski definition) is 2. The van der Waals surface area contributed by atoms with E-state index < -0.39 is 11.2 Å². The Balaban J connectivity index is 1.56. The fourth-order valence-corrected chi connectivity index (χ4v) is 4.29. The summed E-state index contributed by atoms with van der Waals surface area (Å²) in [6, 6.07) is 13.6. The van der Waals surface area contributed by atoms with Crippen molar-refractivity contribution >= 4 is 22.8 Å². The number of rotatable bonds is 11. The number of methoxy groups -OCH3 is 1. The van der Waals surface area contributed by atoms with Gasteiger partial charge >= 0.3 is 5.69 Å². The number of aromatic nitrogens is 4. The molecule has 3 aromatic heterocycles. The highest BCUT2D eigenvalue weighted by Gasteiger charge is 2.20. The zero-order valence-corrected chi connectivity index (χ0v) is 19.6. The third-order valence-corrected chi connectivity index (χ3v) is 6.16. The second-order valence-electron chi connectivity index (χ2n) is 7.64. The molecule has 178 valence electrons. The molecule has 0 bridgehead atoms. The van der Waals surface area contributed by atoms with Crippen LogP contribution >= 0.6 is 11.3 Å². The van der Waals surface area contributed by atoms with E-state index in [0.29, 0.717) is 37.6 Å². The van der Waals surface area contributed by atoms with Crippen molar-refractivity contribution < 1.29 is 9.26 Å². The van der Waals surface area contributed by atoms with Gasteiger partial charge in [-0.1, -0.05) is 41.6 Å². The molecule has 0 saturated heterocycles. The number of ether oxygens (including phenoxy) is 1. The number of H-pyrrole nitrogens is 1. The minimum atomic E-state index is -0.560. The van der Waals surface area contributed by atoms with E-state index in [2.05, 4.69) is 15.1 Å². The Morgan fingerprint density at radius 3 is 2.76 bits per heavy atom. The van der Waals surface area contributed by atoms with Crippen molar-refractivity contribution in [2.75, 3.05) is 30.9 Å². The van der Waals surface area contributed by atoms with Crippen molar-refractivity contribution in [2.24, 2.45) is 0 Å². The van der Waals surface area contributed by atoms with E-state index in [9.17, 15) is 9.59 Å². The molecule has 0 aliphatic carbocycles. The molecule has 0 radical (unpaired) electrons. The lowest BCUT2D eigenvalue weighted by Gasteiger charge is -2.26. The molecule has 0 atom stereocenters. The summed E-state index contributed by atoms with van der Waals surface area (Å²) >= 11 is 1.55. The fraction of sp³-hybridized carbons (Fsp3) is 0.304. The summed E-state index contributed by atoms with van der Waals surface area (Å²) in [5.74, 6) is 1.20. The molecule has 1 aromatic carbocycles. The van der Waals surface area contributed by atoms with Gasteiger partial charge in [0.05, 0.1) is 18.0 Å². The molecule has 4 aromatic rings. The first-order chi connectivity index (χ1) is 16.6. The van der Waals surface area contributed by atoms with E-state index in [1.807, 2.05) is 52.7 Å². The van der Waals surface area contributed by atoms with E-state index in [1.54, 1.807) is 11.3 Å². The highest BCUT2D eigenvalue weighted by molar-refractivity contribution is 7.13. The van der Waals surface area contributed by atoms with Gasteiger partial charge in [-0.05, 0) is 23.4 Å². The van der Waals surface area contributed by atoms with Crippen LogP contribution in [0.5, 0.6) is 0 Å². The van der Waals surface area contributed by atoms with Gasteiger partial charge in [-0.15, -0.1) is 11.3 Å². The van der Waals surface area contributed by atoms with Crippen LogP contribution in [-0.4, -0.2) is 40.0 Å². The molecule has 0 amide bonds. The summed E-state index contributed by atoms with van der Waals surface area (Å²) in [5.41, 5.74) is 6.51. The molecule has 0 saturated carbocycles. The minimum absolute atomic E-state index is 0.111. The molecular weight excluding hydrogens is 456 g/mol. The summed E-state index contributed by atoms with van der Waals surface area (Å²) in [4.78, 5) is 34.8. The smallest absolute Gasteiger partial charge is 0.330 e. The van der Waals surface area contributed by atoms with Crippen LogP contribution in [0.4, 0.5) is 11.5 Å². The standard InChI is InChI=1S/C23H26N6O4S/c1-32-13-12-29-20(24)19(22(30)26-23(29)31)28(15-16-7-3-2-4-8-16)11-5-10-18-25-21(27-33-18)17-9-6-14-34-17/h2-4,6-9,14H,5,10-13,15,24H2,1H3,(H,26,30,31). The molecule has 4 rings (SSSR count). The van der Waals surface area contributed by atoms with Gasteiger partial charge in [0.25, 0.3) is 5.56 Å². The van der Waals surface area contributed by atoms with Gasteiger partial charge in [0.15, 0.2) is 0 Å². The van der Waals surface area contributed by atoms with Gasteiger partial charge in [0, 0.05) is 26.6 Å². The molecule has 11 heteroatoms. The van der Waals surface area contributed by atoms with Crippen LogP contribution in [-0.2, 0) is 24.2 Å². The topological polar surface area (TPSA) is 132 Å². The van der Waals surface area contributed by atoms with E-state index in [-0.39, 0.29) is 24.7 Å². The number of thiophene rings is 1. The van der Waals surface area contributed by atoms with E-state index in [4.69, 9.17) is 15.0 Å². The molecule has 3 N–H and O–H groups in total. The lowest BCUT2D eigenvalue weighted by atomic mass is 10.2. The van der Waals surface area contributed by atoms with Gasteiger partial charge in [0.1, 0.15) is 11.5 Å². The number of hydrogen-bond acceptors (Lipinski definition) is 9. The Morgan fingerprint density at radius 2 is 2.03 bits per heavy atom. The third kappa shape index (κ3) is 5.43. The molecule has 0 unspecified atom stereocenters. The summed E-state index contributed by atoms with van der Waals surface area (Å²) in [6.07, 6.45) is 1.17. The van der Waals surface area contributed by atoms with Crippen molar-refractivity contribution in [3.8, 4) is 10.7 Å². The molecule has 3 heterocycles.